The molecule has 1 N–H and O–H groups in total. The molecule has 0 bridgehead atoms. The second-order valence-corrected chi connectivity index (χ2v) is 7.21. The molecule has 1 heterocycles. The lowest BCUT2D eigenvalue weighted by Crippen LogP contribution is -2.37. The van der Waals surface area contributed by atoms with Crippen LogP contribution in [0.25, 0.3) is 33.8 Å². The highest BCUT2D eigenvalue weighted by Crippen LogP contribution is 2.40. The summed E-state index contributed by atoms with van der Waals surface area (Å²) in [6.07, 6.45) is 6.12. The van der Waals surface area contributed by atoms with Crippen LogP contribution < -0.4 is 4.90 Å². The number of hydrogen-bond donors (Lipinski definition) is 1. The van der Waals surface area contributed by atoms with Gasteiger partial charge in [-0.25, -0.2) is 0 Å². The summed E-state index contributed by atoms with van der Waals surface area (Å²) in [6, 6.07) is 20.8. The van der Waals surface area contributed by atoms with Gasteiger partial charge in [-0.1, -0.05) is 42.5 Å². The van der Waals surface area contributed by atoms with Gasteiger partial charge in [0.1, 0.15) is 0 Å². The molecule has 0 fully saturated rings. The molecule has 4 nitrogen and oxygen atoms in total. The number of aromatic nitrogens is 1. The Labute approximate surface area is 163 Å². The third-order valence-corrected chi connectivity index (χ3v) is 5.25. The minimum Gasteiger partial charge on any atom is -0.349 e. The second kappa shape index (κ2) is 6.20. The van der Waals surface area contributed by atoms with Gasteiger partial charge in [-0.05, 0) is 46.7 Å². The predicted octanol–water partition coefficient (Wildman–Crippen LogP) is 5.51. The standard InChI is InChI=1S/C24H20N4/c1-27(2)24(25)28(19-10-12-21-18(15-19)7-4-14-26-21)22-13-9-17-6-3-5-16-8-11-20(22)23(16)17/h3-15,25H,1-2H3. The molecule has 28 heavy (non-hydrogen) atoms. The zero-order chi connectivity index (χ0) is 19.3. The number of anilines is 2. The molecular weight excluding hydrogens is 344 g/mol. The third-order valence-electron chi connectivity index (χ3n) is 5.25. The largest absolute Gasteiger partial charge is 0.349 e. The van der Waals surface area contributed by atoms with Crippen molar-refractivity contribution in [3.63, 3.8) is 0 Å². The Morgan fingerprint density at radius 2 is 1.75 bits per heavy atom. The van der Waals surface area contributed by atoms with E-state index >= 15 is 0 Å². The Morgan fingerprint density at radius 1 is 0.893 bits per heavy atom. The van der Waals surface area contributed by atoms with Gasteiger partial charge in [-0.2, -0.15) is 0 Å². The topological polar surface area (TPSA) is 43.2 Å². The first kappa shape index (κ1) is 16.5. The van der Waals surface area contributed by atoms with Gasteiger partial charge in [0.2, 0.25) is 5.96 Å². The molecule has 1 aliphatic carbocycles. The Kier molecular flexibility index (Phi) is 3.66. The maximum Gasteiger partial charge on any atom is 0.202 e. The van der Waals surface area contributed by atoms with Crippen molar-refractivity contribution >= 4 is 51.2 Å². The maximum atomic E-state index is 8.79. The number of fused-ring (bicyclic) bond motifs is 1. The summed E-state index contributed by atoms with van der Waals surface area (Å²) in [4.78, 5) is 8.26. The van der Waals surface area contributed by atoms with Crippen LogP contribution in [-0.2, 0) is 0 Å². The van der Waals surface area contributed by atoms with Crippen LogP contribution in [0.5, 0.6) is 0 Å². The van der Waals surface area contributed by atoms with E-state index in [1.165, 1.54) is 16.3 Å². The zero-order valence-electron chi connectivity index (χ0n) is 15.8. The highest BCUT2D eigenvalue weighted by Gasteiger charge is 2.22. The smallest absolute Gasteiger partial charge is 0.202 e. The summed E-state index contributed by atoms with van der Waals surface area (Å²) >= 11 is 0. The van der Waals surface area contributed by atoms with Gasteiger partial charge in [0.05, 0.1) is 11.2 Å². The highest BCUT2D eigenvalue weighted by atomic mass is 15.3. The summed E-state index contributed by atoms with van der Waals surface area (Å²) in [5, 5.41) is 12.3. The first-order chi connectivity index (χ1) is 13.6. The summed E-state index contributed by atoms with van der Waals surface area (Å²) < 4.78 is 0. The van der Waals surface area contributed by atoms with Gasteiger partial charge in [0.15, 0.2) is 0 Å². The van der Waals surface area contributed by atoms with E-state index in [1.807, 2.05) is 42.1 Å². The number of pyridine rings is 1. The molecule has 4 heteroatoms. The molecule has 5 rings (SSSR count). The van der Waals surface area contributed by atoms with E-state index in [9.17, 15) is 0 Å². The van der Waals surface area contributed by atoms with E-state index in [4.69, 9.17) is 5.41 Å². The summed E-state index contributed by atoms with van der Waals surface area (Å²) in [5.74, 6) is 0.414. The fraction of sp³-hybridized carbons (Fsp3) is 0.0833. The van der Waals surface area contributed by atoms with Crippen LogP contribution in [0.4, 0.5) is 11.4 Å². The van der Waals surface area contributed by atoms with Crippen LogP contribution in [0.2, 0.25) is 0 Å². The van der Waals surface area contributed by atoms with Crippen molar-refractivity contribution in [3.05, 3.63) is 78.0 Å². The van der Waals surface area contributed by atoms with E-state index in [0.717, 1.165) is 27.8 Å². The molecule has 0 aliphatic heterocycles. The molecule has 0 atom stereocenters. The van der Waals surface area contributed by atoms with E-state index in [1.54, 1.807) is 6.20 Å². The third kappa shape index (κ3) is 2.46. The molecule has 3 aromatic carbocycles. The van der Waals surface area contributed by atoms with E-state index < -0.39 is 0 Å². The van der Waals surface area contributed by atoms with Crippen molar-refractivity contribution in [2.24, 2.45) is 0 Å². The number of nitrogens with one attached hydrogen (secondary N) is 1. The van der Waals surface area contributed by atoms with Crippen molar-refractivity contribution in [1.82, 2.24) is 9.88 Å². The van der Waals surface area contributed by atoms with Crippen molar-refractivity contribution in [1.29, 1.82) is 5.41 Å². The average molecular weight is 364 g/mol. The van der Waals surface area contributed by atoms with Gasteiger partial charge in [-0.3, -0.25) is 15.3 Å². The van der Waals surface area contributed by atoms with Crippen LogP contribution in [-0.4, -0.2) is 29.9 Å². The van der Waals surface area contributed by atoms with Gasteiger partial charge >= 0.3 is 0 Å². The molecule has 0 saturated heterocycles. The fourth-order valence-corrected chi connectivity index (χ4v) is 3.88. The fourth-order valence-electron chi connectivity index (χ4n) is 3.88. The minimum absolute atomic E-state index is 0.414. The molecule has 4 aromatic rings. The molecule has 0 amide bonds. The van der Waals surface area contributed by atoms with E-state index in [2.05, 4.69) is 59.6 Å². The van der Waals surface area contributed by atoms with Crippen LogP contribution in [0.15, 0.2) is 66.9 Å². The number of hydrogen-bond acceptors (Lipinski definition) is 2. The Hall–Kier alpha value is -3.66. The minimum atomic E-state index is 0.414. The molecule has 1 aromatic heterocycles. The van der Waals surface area contributed by atoms with Gasteiger partial charge in [0.25, 0.3) is 0 Å². The normalized spacial score (nSPS) is 11.9. The van der Waals surface area contributed by atoms with E-state index in [-0.39, 0.29) is 0 Å². The number of rotatable bonds is 2. The summed E-state index contributed by atoms with van der Waals surface area (Å²) in [7, 11) is 3.80. The monoisotopic (exact) mass is 364 g/mol. The van der Waals surface area contributed by atoms with Crippen LogP contribution in [0.1, 0.15) is 11.1 Å². The lowest BCUT2D eigenvalue weighted by atomic mass is 10.0. The average Bonchev–Trinajstić information content (AvgIpc) is 3.15. The number of benzene rings is 3. The Morgan fingerprint density at radius 3 is 2.61 bits per heavy atom. The Bertz CT molecular complexity index is 1270. The SMILES string of the molecule is CN(C)C(=N)N(c1ccc2ncccc2c1)c1ccc2cccc3c2c1C=C3. The maximum absolute atomic E-state index is 8.79. The molecular formula is C24H20N4. The van der Waals surface area contributed by atoms with Gasteiger partial charge in [-0.15, -0.1) is 0 Å². The zero-order valence-corrected chi connectivity index (χ0v) is 15.8. The van der Waals surface area contributed by atoms with Crippen molar-refractivity contribution in [2.75, 3.05) is 19.0 Å². The molecule has 136 valence electrons. The van der Waals surface area contributed by atoms with Crippen molar-refractivity contribution in [2.45, 2.75) is 0 Å². The van der Waals surface area contributed by atoms with Gasteiger partial charge in [0, 0.05) is 36.9 Å². The van der Waals surface area contributed by atoms with Crippen LogP contribution in [0.3, 0.4) is 0 Å². The van der Waals surface area contributed by atoms with Crippen LogP contribution in [0, 0.1) is 5.41 Å². The number of guanidine groups is 1. The quantitative estimate of drug-likeness (QED) is 0.332. The Balaban J connectivity index is 1.76. The van der Waals surface area contributed by atoms with Crippen molar-refractivity contribution < 1.29 is 0 Å². The molecule has 0 spiro atoms. The first-order valence-corrected chi connectivity index (χ1v) is 9.28. The lowest BCUT2D eigenvalue weighted by Gasteiger charge is -2.30. The first-order valence-electron chi connectivity index (χ1n) is 9.28. The summed E-state index contributed by atoms with van der Waals surface area (Å²) in [6.45, 7) is 0. The highest BCUT2D eigenvalue weighted by molar-refractivity contribution is 6.13. The van der Waals surface area contributed by atoms with Crippen molar-refractivity contribution in [3.8, 4) is 0 Å². The van der Waals surface area contributed by atoms with Gasteiger partial charge < -0.3 is 4.90 Å². The molecule has 0 saturated carbocycles. The second-order valence-electron chi connectivity index (χ2n) is 7.21. The summed E-state index contributed by atoms with van der Waals surface area (Å²) in [5.41, 5.74) is 5.30. The molecule has 0 unspecified atom stereocenters. The van der Waals surface area contributed by atoms with E-state index in [0.29, 0.717) is 5.96 Å². The molecule has 0 radical (unpaired) electrons. The predicted molar refractivity (Wildman–Crippen MR) is 118 cm³/mol. The van der Waals surface area contributed by atoms with Crippen LogP contribution >= 0.6 is 0 Å². The number of nitrogens with zero attached hydrogens (tertiary/aromatic N) is 3. The lowest BCUT2D eigenvalue weighted by molar-refractivity contribution is 0.606. The molecule has 1 aliphatic rings.